The van der Waals surface area contributed by atoms with Crippen LogP contribution < -0.4 is 15.1 Å². The summed E-state index contributed by atoms with van der Waals surface area (Å²) in [6.45, 7) is -0.229. The zero-order valence-corrected chi connectivity index (χ0v) is 13.4. The summed E-state index contributed by atoms with van der Waals surface area (Å²) in [6.07, 6.45) is 0. The van der Waals surface area contributed by atoms with Crippen molar-refractivity contribution in [3.05, 3.63) is 69.5 Å². The van der Waals surface area contributed by atoms with Crippen LogP contribution in [-0.2, 0) is 4.79 Å². The van der Waals surface area contributed by atoms with Crippen molar-refractivity contribution in [3.63, 3.8) is 0 Å². The van der Waals surface area contributed by atoms with Crippen LogP contribution in [0.2, 0.25) is 0 Å². The number of hydrogen-bond acceptors (Lipinski definition) is 5. The van der Waals surface area contributed by atoms with Crippen LogP contribution in [-0.4, -0.2) is 12.6 Å². The summed E-state index contributed by atoms with van der Waals surface area (Å²) in [4.78, 5) is 23.0. The molecular weight excluding hydrogens is 364 g/mol. The van der Waals surface area contributed by atoms with E-state index in [1.54, 1.807) is 36.4 Å². The fourth-order valence-corrected chi connectivity index (χ4v) is 2.34. The van der Waals surface area contributed by atoms with Gasteiger partial charge in [0.25, 0.3) is 0 Å². The maximum absolute atomic E-state index is 11.8. The molecule has 0 radical (unpaired) electrons. The Bertz CT molecular complexity index is 916. The van der Waals surface area contributed by atoms with E-state index >= 15 is 0 Å². The Morgan fingerprint density at radius 3 is 2.70 bits per heavy atom. The molecule has 0 atom stereocenters. The number of rotatable bonds is 4. The van der Waals surface area contributed by atoms with Crippen LogP contribution in [0.3, 0.4) is 0 Å². The number of fused-ring (bicyclic) bond motifs is 1. The summed E-state index contributed by atoms with van der Waals surface area (Å²) >= 11 is 3.32. The summed E-state index contributed by atoms with van der Waals surface area (Å²) < 4.78 is 16.4. The van der Waals surface area contributed by atoms with E-state index in [1.807, 2.05) is 6.07 Å². The quantitative estimate of drug-likeness (QED) is 0.397. The van der Waals surface area contributed by atoms with Crippen molar-refractivity contribution in [2.75, 3.05) is 6.61 Å². The molecule has 3 rings (SSSR count). The lowest BCUT2D eigenvalue weighted by atomic mass is 10.2. The average Bonchev–Trinajstić information content (AvgIpc) is 2.53. The van der Waals surface area contributed by atoms with Crippen LogP contribution in [0.25, 0.3) is 11.0 Å². The zero-order chi connectivity index (χ0) is 16.2. The van der Waals surface area contributed by atoms with Gasteiger partial charge in [-0.25, -0.2) is 9.59 Å². The fourth-order valence-electron chi connectivity index (χ4n) is 1.96. The first kappa shape index (κ1) is 15.3. The summed E-state index contributed by atoms with van der Waals surface area (Å²) in [7, 11) is 0. The summed E-state index contributed by atoms with van der Waals surface area (Å²) in [6, 6.07) is 14.9. The molecule has 0 N–H and O–H groups in total. The lowest BCUT2D eigenvalue weighted by Gasteiger charge is -2.07. The average molecular weight is 375 g/mol. The molecule has 6 heteroatoms. The molecule has 0 unspecified atom stereocenters. The van der Waals surface area contributed by atoms with Crippen LogP contribution in [0.5, 0.6) is 11.5 Å². The Kier molecular flexibility index (Phi) is 4.43. The van der Waals surface area contributed by atoms with Crippen LogP contribution >= 0.6 is 15.9 Å². The van der Waals surface area contributed by atoms with Crippen molar-refractivity contribution in [2.24, 2.45) is 0 Å². The molecule has 0 aliphatic rings. The minimum atomic E-state index is -0.553. The van der Waals surface area contributed by atoms with Crippen LogP contribution in [0.1, 0.15) is 0 Å². The highest BCUT2D eigenvalue weighted by molar-refractivity contribution is 9.10. The molecule has 0 spiro atoms. The van der Waals surface area contributed by atoms with Gasteiger partial charge < -0.3 is 13.9 Å². The van der Waals surface area contributed by atoms with Crippen molar-refractivity contribution >= 4 is 32.9 Å². The second-order valence-corrected chi connectivity index (χ2v) is 5.59. The van der Waals surface area contributed by atoms with Gasteiger partial charge in [0.2, 0.25) is 0 Å². The molecule has 0 aliphatic carbocycles. The molecule has 0 saturated heterocycles. The van der Waals surface area contributed by atoms with Gasteiger partial charge in [-0.1, -0.05) is 22.0 Å². The van der Waals surface area contributed by atoms with Gasteiger partial charge in [-0.15, -0.1) is 0 Å². The topological polar surface area (TPSA) is 65.7 Å². The largest absolute Gasteiger partial charge is 0.482 e. The maximum atomic E-state index is 11.8. The maximum Gasteiger partial charge on any atom is 0.349 e. The van der Waals surface area contributed by atoms with E-state index < -0.39 is 11.6 Å². The number of esters is 1. The lowest BCUT2D eigenvalue weighted by molar-refractivity contribution is -0.136. The highest BCUT2D eigenvalue weighted by Crippen LogP contribution is 2.20. The molecule has 3 aromatic rings. The van der Waals surface area contributed by atoms with E-state index in [0.29, 0.717) is 11.3 Å². The second kappa shape index (κ2) is 6.66. The van der Waals surface area contributed by atoms with Crippen LogP contribution in [0.4, 0.5) is 0 Å². The highest BCUT2D eigenvalue weighted by Gasteiger charge is 2.08. The standard InChI is InChI=1S/C17H11BrO5/c18-12-2-1-3-13(8-12)21-10-17(20)22-14-6-4-11-5-7-16(19)23-15(11)9-14/h1-9H,10H2. The Balaban J connectivity index is 1.66. The first-order chi connectivity index (χ1) is 11.1. The number of carbonyl (C=O) groups is 1. The van der Waals surface area contributed by atoms with E-state index in [-0.39, 0.29) is 12.4 Å². The van der Waals surface area contributed by atoms with Crippen molar-refractivity contribution in [1.82, 2.24) is 0 Å². The van der Waals surface area contributed by atoms with Gasteiger partial charge in [0.1, 0.15) is 17.1 Å². The van der Waals surface area contributed by atoms with E-state index in [1.165, 1.54) is 12.1 Å². The molecular formula is C17H11BrO5. The summed E-state index contributed by atoms with van der Waals surface area (Å²) in [5, 5.41) is 0.745. The summed E-state index contributed by atoms with van der Waals surface area (Å²) in [5.41, 5.74) is -0.102. The Hall–Kier alpha value is -2.60. The zero-order valence-electron chi connectivity index (χ0n) is 11.8. The molecule has 1 heterocycles. The van der Waals surface area contributed by atoms with Gasteiger partial charge in [-0.3, -0.25) is 0 Å². The number of halogens is 1. The number of carbonyl (C=O) groups excluding carboxylic acids is 1. The first-order valence-electron chi connectivity index (χ1n) is 6.73. The number of benzene rings is 2. The molecule has 0 aliphatic heterocycles. The van der Waals surface area contributed by atoms with Crippen molar-refractivity contribution < 1.29 is 18.7 Å². The van der Waals surface area contributed by atoms with Gasteiger partial charge in [0.15, 0.2) is 6.61 Å². The first-order valence-corrected chi connectivity index (χ1v) is 7.52. The van der Waals surface area contributed by atoms with Crippen molar-refractivity contribution in [2.45, 2.75) is 0 Å². The van der Waals surface area contributed by atoms with E-state index in [2.05, 4.69) is 15.9 Å². The Morgan fingerprint density at radius 2 is 1.87 bits per heavy atom. The summed E-state index contributed by atoms with van der Waals surface area (Å²) in [5.74, 6) is 0.290. The van der Waals surface area contributed by atoms with E-state index in [9.17, 15) is 9.59 Å². The SMILES string of the molecule is O=C(COc1cccc(Br)c1)Oc1ccc2ccc(=O)oc2c1. The van der Waals surface area contributed by atoms with Gasteiger partial charge in [-0.05, 0) is 36.4 Å². The van der Waals surface area contributed by atoms with Crippen LogP contribution in [0, 0.1) is 0 Å². The van der Waals surface area contributed by atoms with Gasteiger partial charge in [0, 0.05) is 22.0 Å². The Labute approximate surface area is 139 Å². The molecule has 1 aromatic heterocycles. The van der Waals surface area contributed by atoms with Crippen molar-refractivity contribution in [3.8, 4) is 11.5 Å². The van der Waals surface area contributed by atoms with E-state index in [0.717, 1.165) is 9.86 Å². The number of ether oxygens (including phenoxy) is 2. The third-order valence-electron chi connectivity index (χ3n) is 2.98. The molecule has 0 bridgehead atoms. The monoisotopic (exact) mass is 374 g/mol. The predicted octanol–water partition coefficient (Wildman–Crippen LogP) is 3.54. The molecule has 0 amide bonds. The molecule has 2 aromatic carbocycles. The third-order valence-corrected chi connectivity index (χ3v) is 3.47. The molecule has 0 fully saturated rings. The molecule has 23 heavy (non-hydrogen) atoms. The minimum absolute atomic E-state index is 0.229. The normalized spacial score (nSPS) is 10.5. The highest BCUT2D eigenvalue weighted by atomic mass is 79.9. The lowest BCUT2D eigenvalue weighted by Crippen LogP contribution is -2.17. The van der Waals surface area contributed by atoms with Crippen LogP contribution in [0.15, 0.2) is 68.3 Å². The number of hydrogen-bond donors (Lipinski definition) is 0. The van der Waals surface area contributed by atoms with Gasteiger partial charge >= 0.3 is 11.6 Å². The molecule has 116 valence electrons. The predicted molar refractivity (Wildman–Crippen MR) is 87.8 cm³/mol. The third kappa shape index (κ3) is 3.98. The second-order valence-electron chi connectivity index (χ2n) is 4.67. The van der Waals surface area contributed by atoms with Gasteiger partial charge in [-0.2, -0.15) is 0 Å². The van der Waals surface area contributed by atoms with Gasteiger partial charge in [0.05, 0.1) is 0 Å². The molecule has 0 saturated carbocycles. The fraction of sp³-hybridized carbons (Fsp3) is 0.0588. The molecule has 5 nitrogen and oxygen atoms in total. The van der Waals surface area contributed by atoms with E-state index in [4.69, 9.17) is 13.9 Å². The van der Waals surface area contributed by atoms with Crippen molar-refractivity contribution in [1.29, 1.82) is 0 Å². The Morgan fingerprint density at radius 1 is 1.04 bits per heavy atom. The smallest absolute Gasteiger partial charge is 0.349 e. The minimum Gasteiger partial charge on any atom is -0.482 e.